The maximum atomic E-state index is 15.9. The summed E-state index contributed by atoms with van der Waals surface area (Å²) in [5.74, 6) is -0.0341. The molecule has 10 heteroatoms. The Morgan fingerprint density at radius 2 is 2.03 bits per heavy atom. The van der Waals surface area contributed by atoms with Crippen molar-refractivity contribution in [2.24, 2.45) is 0 Å². The minimum atomic E-state index is -0.593. The van der Waals surface area contributed by atoms with Crippen molar-refractivity contribution in [3.63, 3.8) is 0 Å². The highest BCUT2D eigenvalue weighted by Gasteiger charge is 2.24. The van der Waals surface area contributed by atoms with Gasteiger partial charge >= 0.3 is 6.01 Å². The van der Waals surface area contributed by atoms with E-state index in [-0.39, 0.29) is 28.1 Å². The van der Waals surface area contributed by atoms with Crippen LogP contribution in [0.5, 0.6) is 6.01 Å². The first-order valence-electron chi connectivity index (χ1n) is 9.78. The Labute approximate surface area is 181 Å². The Morgan fingerprint density at radius 1 is 1.16 bits per heavy atom. The smallest absolute Gasteiger partial charge is 0.318 e. The van der Waals surface area contributed by atoms with Gasteiger partial charge in [-0.15, -0.1) is 0 Å². The van der Waals surface area contributed by atoms with Crippen LogP contribution in [0.15, 0.2) is 28.7 Å². The van der Waals surface area contributed by atoms with Crippen LogP contribution >= 0.6 is 11.6 Å². The van der Waals surface area contributed by atoms with Crippen LogP contribution in [0.1, 0.15) is 6.42 Å². The standard InChI is InChI=1S/C21H19ClFN5O3/c1-29-21-26-18-12(19(27-21)28-6-3-8-30-9-7-28)10-13(22)15(16(18)23)11-4-2-5-14-17(11)25-20(24)31-14/h2,4-5,10H,3,6-9H2,1H3,(H2,24,25). The summed E-state index contributed by atoms with van der Waals surface area (Å²) in [4.78, 5) is 15.0. The van der Waals surface area contributed by atoms with Crippen LogP contribution in [-0.4, -0.2) is 48.4 Å². The molecule has 0 saturated carbocycles. The Bertz CT molecular complexity index is 1290. The first-order chi connectivity index (χ1) is 15.1. The van der Waals surface area contributed by atoms with Gasteiger partial charge in [-0.3, -0.25) is 0 Å². The summed E-state index contributed by atoms with van der Waals surface area (Å²) in [5.41, 5.74) is 7.30. The van der Waals surface area contributed by atoms with Gasteiger partial charge in [0, 0.05) is 36.2 Å². The molecule has 0 aliphatic carbocycles. The summed E-state index contributed by atoms with van der Waals surface area (Å²) in [7, 11) is 1.45. The maximum Gasteiger partial charge on any atom is 0.318 e. The topological polar surface area (TPSA) is 99.5 Å². The van der Waals surface area contributed by atoms with Crippen LogP contribution in [0, 0.1) is 5.82 Å². The number of hydrogen-bond donors (Lipinski definition) is 1. The summed E-state index contributed by atoms with van der Waals surface area (Å²) in [6.07, 6.45) is 0.831. The lowest BCUT2D eigenvalue weighted by atomic mass is 10.0. The van der Waals surface area contributed by atoms with Crippen molar-refractivity contribution in [2.45, 2.75) is 6.42 Å². The first-order valence-corrected chi connectivity index (χ1v) is 10.2. The molecule has 1 aliphatic rings. The van der Waals surface area contributed by atoms with Gasteiger partial charge in [-0.2, -0.15) is 15.0 Å². The second-order valence-electron chi connectivity index (χ2n) is 7.13. The third-order valence-electron chi connectivity index (χ3n) is 5.25. The maximum absolute atomic E-state index is 15.9. The highest BCUT2D eigenvalue weighted by atomic mass is 35.5. The number of ether oxygens (including phenoxy) is 2. The fraction of sp³-hybridized carbons (Fsp3) is 0.286. The molecule has 4 aromatic rings. The number of halogens is 2. The van der Waals surface area contributed by atoms with Crippen LogP contribution in [0.4, 0.5) is 16.2 Å². The highest BCUT2D eigenvalue weighted by Crippen LogP contribution is 2.41. The molecular weight excluding hydrogens is 425 g/mol. The van der Waals surface area contributed by atoms with Crippen LogP contribution in [0.2, 0.25) is 5.02 Å². The summed E-state index contributed by atoms with van der Waals surface area (Å²) in [5, 5.41) is 0.709. The summed E-state index contributed by atoms with van der Waals surface area (Å²) < 4.78 is 32.1. The van der Waals surface area contributed by atoms with Gasteiger partial charge in [-0.25, -0.2) is 4.39 Å². The normalized spacial score (nSPS) is 14.9. The largest absolute Gasteiger partial charge is 0.467 e. The lowest BCUT2D eigenvalue weighted by Gasteiger charge is -2.23. The molecule has 1 aliphatic heterocycles. The van der Waals surface area contributed by atoms with Gasteiger partial charge < -0.3 is 24.5 Å². The van der Waals surface area contributed by atoms with Crippen molar-refractivity contribution in [1.82, 2.24) is 15.0 Å². The summed E-state index contributed by atoms with van der Waals surface area (Å²) in [6, 6.07) is 6.90. The van der Waals surface area contributed by atoms with E-state index in [4.69, 9.17) is 31.2 Å². The average Bonchev–Trinajstić information content (AvgIpc) is 2.96. The van der Waals surface area contributed by atoms with Crippen molar-refractivity contribution < 1.29 is 18.3 Å². The molecule has 0 atom stereocenters. The van der Waals surface area contributed by atoms with Crippen LogP contribution in [0.25, 0.3) is 33.1 Å². The van der Waals surface area contributed by atoms with E-state index >= 15 is 4.39 Å². The van der Waals surface area contributed by atoms with Gasteiger partial charge in [-0.1, -0.05) is 23.7 Å². The number of nitrogens with zero attached hydrogens (tertiary/aromatic N) is 4. The molecule has 1 fully saturated rings. The summed E-state index contributed by atoms with van der Waals surface area (Å²) in [6.45, 7) is 2.56. The van der Waals surface area contributed by atoms with E-state index in [2.05, 4.69) is 15.0 Å². The van der Waals surface area contributed by atoms with Gasteiger partial charge in [0.15, 0.2) is 11.4 Å². The molecule has 3 heterocycles. The van der Waals surface area contributed by atoms with Gasteiger partial charge in [-0.05, 0) is 18.6 Å². The lowest BCUT2D eigenvalue weighted by Crippen LogP contribution is -2.27. The summed E-state index contributed by atoms with van der Waals surface area (Å²) >= 11 is 6.61. The second-order valence-corrected chi connectivity index (χ2v) is 7.54. The molecule has 160 valence electrons. The van der Waals surface area contributed by atoms with E-state index in [0.29, 0.717) is 54.2 Å². The first kappa shape index (κ1) is 19.8. The molecule has 31 heavy (non-hydrogen) atoms. The van der Waals surface area contributed by atoms with Crippen LogP contribution in [0.3, 0.4) is 0 Å². The van der Waals surface area contributed by atoms with E-state index in [1.165, 1.54) is 7.11 Å². The monoisotopic (exact) mass is 443 g/mol. The van der Waals surface area contributed by atoms with Gasteiger partial charge in [0.1, 0.15) is 16.9 Å². The van der Waals surface area contributed by atoms with E-state index in [0.717, 1.165) is 6.42 Å². The fourth-order valence-electron chi connectivity index (χ4n) is 3.86. The third-order valence-corrected chi connectivity index (χ3v) is 5.55. The molecule has 5 rings (SSSR count). The molecule has 0 amide bonds. The zero-order chi connectivity index (χ0) is 21.5. The van der Waals surface area contributed by atoms with Gasteiger partial charge in [0.05, 0.1) is 18.7 Å². The number of oxazole rings is 1. The number of methoxy groups -OCH3 is 1. The number of nitrogens with two attached hydrogens (primary N) is 1. The van der Waals surface area contributed by atoms with E-state index in [1.54, 1.807) is 24.3 Å². The van der Waals surface area contributed by atoms with Gasteiger partial charge in [0.25, 0.3) is 6.01 Å². The number of anilines is 2. The molecule has 1 saturated heterocycles. The predicted molar refractivity (Wildman–Crippen MR) is 116 cm³/mol. The predicted octanol–water partition coefficient (Wildman–Crippen LogP) is 4.05. The molecule has 2 N–H and O–H groups in total. The fourth-order valence-corrected chi connectivity index (χ4v) is 4.16. The molecule has 8 nitrogen and oxygen atoms in total. The van der Waals surface area contributed by atoms with Crippen molar-refractivity contribution >= 4 is 45.4 Å². The Morgan fingerprint density at radius 3 is 2.87 bits per heavy atom. The number of para-hydroxylation sites is 1. The van der Waals surface area contributed by atoms with Crippen molar-refractivity contribution in [2.75, 3.05) is 44.0 Å². The molecule has 0 spiro atoms. The van der Waals surface area contributed by atoms with Crippen molar-refractivity contribution in [1.29, 1.82) is 0 Å². The molecule has 0 unspecified atom stereocenters. The minimum absolute atomic E-state index is 0.00515. The third kappa shape index (κ3) is 3.39. The van der Waals surface area contributed by atoms with E-state index in [9.17, 15) is 0 Å². The number of nitrogen functional groups attached to an aromatic ring is 1. The quantitative estimate of drug-likeness (QED) is 0.506. The SMILES string of the molecule is COc1nc(N2CCCOCC2)c2cc(Cl)c(-c3cccc4oc(N)nc34)c(F)c2n1. The number of hydrogen-bond acceptors (Lipinski definition) is 8. The zero-order valence-electron chi connectivity index (χ0n) is 16.7. The minimum Gasteiger partial charge on any atom is -0.467 e. The Hall–Kier alpha value is -3.17. The highest BCUT2D eigenvalue weighted by molar-refractivity contribution is 6.34. The zero-order valence-corrected chi connectivity index (χ0v) is 17.4. The van der Waals surface area contributed by atoms with Crippen molar-refractivity contribution in [3.8, 4) is 17.1 Å². The second kappa shape index (κ2) is 7.82. The van der Waals surface area contributed by atoms with E-state index < -0.39 is 5.82 Å². The molecule has 2 aromatic heterocycles. The van der Waals surface area contributed by atoms with E-state index in [1.807, 2.05) is 4.90 Å². The lowest BCUT2D eigenvalue weighted by molar-refractivity contribution is 0.152. The number of fused-ring (bicyclic) bond motifs is 2. The van der Waals surface area contributed by atoms with Crippen LogP contribution < -0.4 is 15.4 Å². The van der Waals surface area contributed by atoms with Crippen LogP contribution in [-0.2, 0) is 4.74 Å². The number of aromatic nitrogens is 3. The molecular formula is C21H19ClFN5O3. The van der Waals surface area contributed by atoms with Crippen molar-refractivity contribution in [3.05, 3.63) is 35.1 Å². The molecule has 2 aromatic carbocycles. The number of rotatable bonds is 3. The molecule has 0 radical (unpaired) electrons. The Balaban J connectivity index is 1.77. The average molecular weight is 444 g/mol. The number of benzene rings is 2. The van der Waals surface area contributed by atoms with Gasteiger partial charge in [0.2, 0.25) is 0 Å². The molecule has 0 bridgehead atoms. The Kier molecular flexibility index (Phi) is 4.99.